The third-order valence-corrected chi connectivity index (χ3v) is 1.49. The number of nitrogens with one attached hydrogen (secondary N) is 1. The van der Waals surface area contributed by atoms with Crippen LogP contribution in [0.5, 0.6) is 0 Å². The van der Waals surface area contributed by atoms with E-state index in [9.17, 15) is 4.79 Å². The Balaban J connectivity index is 0.000000671. The molecule has 0 aliphatic rings. The van der Waals surface area contributed by atoms with Gasteiger partial charge in [-0.05, 0) is 31.3 Å². The van der Waals surface area contributed by atoms with Gasteiger partial charge in [-0.1, -0.05) is 0 Å². The van der Waals surface area contributed by atoms with E-state index in [-0.39, 0.29) is 5.91 Å². The van der Waals surface area contributed by atoms with Gasteiger partial charge in [-0.25, -0.2) is 0 Å². The molecular formula is C9H14N2OS. The average Bonchev–Trinajstić information content (AvgIpc) is 2.12. The maximum Gasteiger partial charge on any atom is 0.221 e. The molecular weight excluding hydrogens is 184 g/mol. The summed E-state index contributed by atoms with van der Waals surface area (Å²) < 4.78 is 0. The summed E-state index contributed by atoms with van der Waals surface area (Å²) in [6.45, 7) is 1.48. The Kier molecular flexibility index (Phi) is 6.01. The van der Waals surface area contributed by atoms with Crippen LogP contribution < -0.4 is 11.1 Å². The van der Waals surface area contributed by atoms with E-state index in [4.69, 9.17) is 0 Å². The maximum absolute atomic E-state index is 10.6. The lowest BCUT2D eigenvalue weighted by atomic mass is 10.3. The van der Waals surface area contributed by atoms with Crippen molar-refractivity contribution in [2.24, 2.45) is 5.73 Å². The highest BCUT2D eigenvalue weighted by Crippen LogP contribution is 2.11. The Morgan fingerprint density at radius 1 is 1.31 bits per heavy atom. The second-order valence-corrected chi connectivity index (χ2v) is 2.74. The van der Waals surface area contributed by atoms with Crippen LogP contribution in [-0.4, -0.2) is 13.0 Å². The molecule has 4 heteroatoms. The van der Waals surface area contributed by atoms with E-state index in [0.29, 0.717) is 0 Å². The molecule has 3 nitrogen and oxygen atoms in total. The number of thiol groups is 1. The van der Waals surface area contributed by atoms with Gasteiger partial charge in [0.2, 0.25) is 5.91 Å². The minimum absolute atomic E-state index is 0.0584. The lowest BCUT2D eigenvalue weighted by molar-refractivity contribution is -0.114. The van der Waals surface area contributed by atoms with Crippen molar-refractivity contribution in [1.29, 1.82) is 0 Å². The van der Waals surface area contributed by atoms with Gasteiger partial charge in [0.05, 0.1) is 0 Å². The molecule has 0 aliphatic heterocycles. The smallest absolute Gasteiger partial charge is 0.221 e. The molecule has 0 saturated carbocycles. The van der Waals surface area contributed by atoms with Crippen LogP contribution in [0.15, 0.2) is 29.2 Å². The van der Waals surface area contributed by atoms with Crippen LogP contribution in [0, 0.1) is 0 Å². The van der Waals surface area contributed by atoms with Gasteiger partial charge in [0.15, 0.2) is 0 Å². The van der Waals surface area contributed by atoms with Crippen molar-refractivity contribution in [2.45, 2.75) is 11.8 Å². The molecule has 72 valence electrons. The van der Waals surface area contributed by atoms with Gasteiger partial charge in [-0.3, -0.25) is 4.79 Å². The Morgan fingerprint density at radius 2 is 1.77 bits per heavy atom. The molecule has 0 radical (unpaired) electrons. The van der Waals surface area contributed by atoms with Crippen LogP contribution in [0.1, 0.15) is 6.92 Å². The predicted molar refractivity (Wildman–Crippen MR) is 58.1 cm³/mol. The Morgan fingerprint density at radius 3 is 2.15 bits per heavy atom. The van der Waals surface area contributed by atoms with Crippen LogP contribution in [0.3, 0.4) is 0 Å². The number of hydrogen-bond acceptors (Lipinski definition) is 3. The summed E-state index contributed by atoms with van der Waals surface area (Å²) in [5.74, 6) is -0.0584. The monoisotopic (exact) mass is 198 g/mol. The third kappa shape index (κ3) is 5.27. The topological polar surface area (TPSA) is 55.1 Å². The van der Waals surface area contributed by atoms with Crippen molar-refractivity contribution in [3.63, 3.8) is 0 Å². The lowest BCUT2D eigenvalue weighted by Crippen LogP contribution is -2.04. The van der Waals surface area contributed by atoms with E-state index in [0.717, 1.165) is 10.6 Å². The molecule has 0 saturated heterocycles. The molecule has 13 heavy (non-hydrogen) atoms. The van der Waals surface area contributed by atoms with E-state index in [1.165, 1.54) is 14.0 Å². The fraction of sp³-hybridized carbons (Fsp3) is 0.222. The molecule has 1 aromatic rings. The minimum Gasteiger partial charge on any atom is -0.333 e. The van der Waals surface area contributed by atoms with Gasteiger partial charge < -0.3 is 11.1 Å². The van der Waals surface area contributed by atoms with Crippen LogP contribution in [0.2, 0.25) is 0 Å². The van der Waals surface area contributed by atoms with Crippen LogP contribution in [0.4, 0.5) is 5.69 Å². The number of carbonyl (C=O) groups is 1. The first-order valence-electron chi connectivity index (χ1n) is 3.83. The van der Waals surface area contributed by atoms with Crippen molar-refractivity contribution in [3.8, 4) is 0 Å². The summed E-state index contributed by atoms with van der Waals surface area (Å²) in [6.07, 6.45) is 0. The first-order valence-corrected chi connectivity index (χ1v) is 4.27. The molecule has 0 heterocycles. The Labute approximate surface area is 83.7 Å². The van der Waals surface area contributed by atoms with E-state index in [1.54, 1.807) is 0 Å². The van der Waals surface area contributed by atoms with Crippen molar-refractivity contribution in [2.75, 3.05) is 12.4 Å². The van der Waals surface area contributed by atoms with E-state index in [1.807, 2.05) is 24.3 Å². The Hall–Kier alpha value is -1.00. The summed E-state index contributed by atoms with van der Waals surface area (Å²) in [4.78, 5) is 11.5. The number of nitrogens with two attached hydrogens (primary N) is 1. The normalized spacial score (nSPS) is 8.31. The van der Waals surface area contributed by atoms with Crippen molar-refractivity contribution in [3.05, 3.63) is 24.3 Å². The number of carbonyl (C=O) groups excluding carboxylic acids is 1. The van der Waals surface area contributed by atoms with Crippen LogP contribution >= 0.6 is 12.6 Å². The van der Waals surface area contributed by atoms with E-state index in [2.05, 4.69) is 23.7 Å². The van der Waals surface area contributed by atoms with Crippen molar-refractivity contribution >= 4 is 24.2 Å². The molecule has 0 aliphatic carbocycles. The fourth-order valence-electron chi connectivity index (χ4n) is 0.748. The van der Waals surface area contributed by atoms with Gasteiger partial charge in [-0.15, -0.1) is 12.6 Å². The average molecular weight is 198 g/mol. The molecule has 1 amide bonds. The zero-order valence-electron chi connectivity index (χ0n) is 7.74. The lowest BCUT2D eigenvalue weighted by Gasteiger charge is -2.00. The highest BCUT2D eigenvalue weighted by molar-refractivity contribution is 7.80. The fourth-order valence-corrected chi connectivity index (χ4v) is 0.897. The molecule has 0 spiro atoms. The zero-order valence-corrected chi connectivity index (χ0v) is 8.64. The summed E-state index contributed by atoms with van der Waals surface area (Å²) in [5, 5.41) is 2.66. The standard InChI is InChI=1S/C8H9NOS.CH5N/c1-6(10)9-7-2-4-8(11)5-3-7;1-2/h2-5,11H,1H3,(H,9,10);2H2,1H3. The summed E-state index contributed by atoms with van der Waals surface area (Å²) in [7, 11) is 1.50. The number of benzene rings is 1. The molecule has 1 rings (SSSR count). The highest BCUT2D eigenvalue weighted by atomic mass is 32.1. The second-order valence-electron chi connectivity index (χ2n) is 2.23. The Bertz CT molecular complexity index is 259. The molecule has 0 bridgehead atoms. The quantitative estimate of drug-likeness (QED) is 0.599. The van der Waals surface area contributed by atoms with E-state index >= 15 is 0 Å². The van der Waals surface area contributed by atoms with E-state index < -0.39 is 0 Å². The van der Waals surface area contributed by atoms with Gasteiger partial charge in [0.1, 0.15) is 0 Å². The van der Waals surface area contributed by atoms with Crippen LogP contribution in [-0.2, 0) is 4.79 Å². The van der Waals surface area contributed by atoms with Gasteiger partial charge in [0.25, 0.3) is 0 Å². The molecule has 0 aromatic heterocycles. The molecule has 0 fully saturated rings. The predicted octanol–water partition coefficient (Wildman–Crippen LogP) is 1.51. The first-order chi connectivity index (χ1) is 6.18. The molecule has 0 atom stereocenters. The van der Waals surface area contributed by atoms with Crippen molar-refractivity contribution in [1.82, 2.24) is 0 Å². The highest BCUT2D eigenvalue weighted by Gasteiger charge is 1.92. The number of rotatable bonds is 1. The number of hydrogen-bond donors (Lipinski definition) is 3. The maximum atomic E-state index is 10.6. The van der Waals surface area contributed by atoms with Crippen LogP contribution in [0.25, 0.3) is 0 Å². The summed E-state index contributed by atoms with van der Waals surface area (Å²) >= 11 is 4.11. The second kappa shape index (κ2) is 6.51. The van der Waals surface area contributed by atoms with Gasteiger partial charge >= 0.3 is 0 Å². The number of anilines is 1. The van der Waals surface area contributed by atoms with Crippen molar-refractivity contribution < 1.29 is 4.79 Å². The third-order valence-electron chi connectivity index (χ3n) is 1.19. The van der Waals surface area contributed by atoms with Gasteiger partial charge in [0, 0.05) is 17.5 Å². The summed E-state index contributed by atoms with van der Waals surface area (Å²) in [6, 6.07) is 7.27. The largest absolute Gasteiger partial charge is 0.333 e. The summed E-state index contributed by atoms with van der Waals surface area (Å²) in [5.41, 5.74) is 5.30. The first kappa shape index (κ1) is 12.0. The SMILES string of the molecule is CC(=O)Nc1ccc(S)cc1.CN. The minimum atomic E-state index is -0.0584. The zero-order chi connectivity index (χ0) is 10.3. The van der Waals surface area contributed by atoms with Gasteiger partial charge in [-0.2, -0.15) is 0 Å². The molecule has 1 aromatic carbocycles. The number of amides is 1. The molecule has 0 unspecified atom stereocenters. The molecule has 3 N–H and O–H groups in total.